The minimum Gasteiger partial charge on any atom is -0.347 e. The molecule has 186 valence electrons. The number of carbonyl (C=O) groups excluding carboxylic acids is 2. The molecule has 0 bridgehead atoms. The zero-order valence-electron chi connectivity index (χ0n) is 20.6. The van der Waals surface area contributed by atoms with E-state index < -0.39 is 0 Å². The van der Waals surface area contributed by atoms with Crippen molar-refractivity contribution < 1.29 is 9.59 Å². The van der Waals surface area contributed by atoms with Crippen LogP contribution in [0.15, 0.2) is 110 Å². The van der Waals surface area contributed by atoms with Crippen molar-refractivity contribution >= 4 is 17.5 Å². The van der Waals surface area contributed by atoms with Gasteiger partial charge < -0.3 is 14.8 Å². The fourth-order valence-corrected chi connectivity index (χ4v) is 4.81. The van der Waals surface area contributed by atoms with Crippen molar-refractivity contribution in [2.75, 3.05) is 4.90 Å². The van der Waals surface area contributed by atoms with Crippen LogP contribution in [0, 0.1) is 0 Å². The maximum atomic E-state index is 13.8. The van der Waals surface area contributed by atoms with Crippen LogP contribution in [-0.2, 0) is 19.6 Å². The van der Waals surface area contributed by atoms with Gasteiger partial charge in [0.05, 0.1) is 13.1 Å². The van der Waals surface area contributed by atoms with Gasteiger partial charge in [-0.3, -0.25) is 19.6 Å². The van der Waals surface area contributed by atoms with Crippen molar-refractivity contribution in [3.8, 4) is 11.1 Å². The Morgan fingerprint density at radius 1 is 0.763 bits per heavy atom. The second kappa shape index (κ2) is 10.1. The number of fused-ring (bicyclic) bond motifs is 2. The Bertz CT molecular complexity index is 1590. The molecule has 7 heteroatoms. The number of pyridine rings is 2. The predicted molar refractivity (Wildman–Crippen MR) is 146 cm³/mol. The van der Waals surface area contributed by atoms with Crippen molar-refractivity contribution in [1.29, 1.82) is 0 Å². The van der Waals surface area contributed by atoms with E-state index in [4.69, 9.17) is 0 Å². The first-order valence-corrected chi connectivity index (χ1v) is 12.4. The van der Waals surface area contributed by atoms with E-state index in [0.29, 0.717) is 30.9 Å². The van der Waals surface area contributed by atoms with Gasteiger partial charge in [0.2, 0.25) is 0 Å². The van der Waals surface area contributed by atoms with Gasteiger partial charge in [-0.2, -0.15) is 0 Å². The van der Waals surface area contributed by atoms with E-state index in [9.17, 15) is 9.59 Å². The molecule has 1 N–H and O–H groups in total. The van der Waals surface area contributed by atoms with Crippen molar-refractivity contribution in [2.45, 2.75) is 19.6 Å². The molecule has 2 aromatic carbocycles. The number of carbonyl (C=O) groups is 2. The summed E-state index contributed by atoms with van der Waals surface area (Å²) in [5.74, 6) is -0.254. The number of aromatic nitrogens is 3. The summed E-state index contributed by atoms with van der Waals surface area (Å²) in [5, 5.41) is 2.99. The summed E-state index contributed by atoms with van der Waals surface area (Å²) in [6.45, 7) is 1.25. The van der Waals surface area contributed by atoms with Crippen molar-refractivity contribution in [3.63, 3.8) is 0 Å². The second-order valence-electron chi connectivity index (χ2n) is 9.18. The highest BCUT2D eigenvalue weighted by molar-refractivity contribution is 6.06. The number of para-hydroxylation sites is 1. The predicted octanol–water partition coefficient (Wildman–Crippen LogP) is 5.08. The Morgan fingerprint density at radius 3 is 2.32 bits per heavy atom. The second-order valence-corrected chi connectivity index (χ2v) is 9.18. The first-order valence-electron chi connectivity index (χ1n) is 12.4. The molecule has 0 saturated carbocycles. The van der Waals surface area contributed by atoms with E-state index >= 15 is 0 Å². The molecule has 0 saturated heterocycles. The third-order valence-electron chi connectivity index (χ3n) is 6.78. The molecule has 0 radical (unpaired) electrons. The van der Waals surface area contributed by atoms with Crippen LogP contribution in [0.5, 0.6) is 0 Å². The quantitative estimate of drug-likeness (QED) is 0.366. The molecule has 0 fully saturated rings. The van der Waals surface area contributed by atoms with E-state index in [1.807, 2.05) is 89.5 Å². The van der Waals surface area contributed by atoms with Crippen LogP contribution in [0.3, 0.4) is 0 Å². The molecular formula is C31H25N5O2. The van der Waals surface area contributed by atoms with Crippen molar-refractivity contribution in [1.82, 2.24) is 19.9 Å². The minimum absolute atomic E-state index is 0.0904. The highest BCUT2D eigenvalue weighted by atomic mass is 16.2. The topological polar surface area (TPSA) is 80.1 Å². The molecule has 6 rings (SSSR count). The minimum atomic E-state index is -0.164. The number of rotatable bonds is 5. The molecule has 0 aliphatic carbocycles. The van der Waals surface area contributed by atoms with Crippen LogP contribution in [0.4, 0.5) is 5.69 Å². The van der Waals surface area contributed by atoms with Gasteiger partial charge in [0, 0.05) is 48.3 Å². The fraction of sp³-hybridized carbons (Fsp3) is 0.0968. The number of nitrogens with zero attached hydrogens (tertiary/aromatic N) is 4. The van der Waals surface area contributed by atoms with Gasteiger partial charge in [0.1, 0.15) is 5.69 Å². The lowest BCUT2D eigenvalue weighted by Gasteiger charge is -2.23. The Kier molecular flexibility index (Phi) is 6.24. The number of anilines is 1. The normalized spacial score (nSPS) is 12.3. The van der Waals surface area contributed by atoms with E-state index in [1.54, 1.807) is 29.7 Å². The van der Waals surface area contributed by atoms with E-state index in [0.717, 1.165) is 33.6 Å². The molecule has 5 aromatic rings. The van der Waals surface area contributed by atoms with Gasteiger partial charge >= 0.3 is 0 Å². The fourth-order valence-electron chi connectivity index (χ4n) is 4.81. The van der Waals surface area contributed by atoms with Gasteiger partial charge in [-0.1, -0.05) is 42.5 Å². The smallest absolute Gasteiger partial charge is 0.268 e. The largest absolute Gasteiger partial charge is 0.347 e. The molecule has 0 spiro atoms. The number of nitrogens with one attached hydrogen (secondary N) is 1. The van der Waals surface area contributed by atoms with Crippen LogP contribution in [-0.4, -0.2) is 26.3 Å². The SMILES string of the molecule is O=C(NCc1cccnc1)c1ccc2n1Cc1ccccc1N(C(=O)c1ccc(-c3cccnc3)cc1)C2. The number of hydrogen-bond acceptors (Lipinski definition) is 4. The summed E-state index contributed by atoms with van der Waals surface area (Å²) in [6.07, 6.45) is 6.99. The molecule has 0 atom stereocenters. The summed E-state index contributed by atoms with van der Waals surface area (Å²) in [4.78, 5) is 37.0. The highest BCUT2D eigenvalue weighted by Gasteiger charge is 2.27. The molecule has 3 aromatic heterocycles. The summed E-state index contributed by atoms with van der Waals surface area (Å²) in [7, 11) is 0. The van der Waals surface area contributed by atoms with Crippen LogP contribution >= 0.6 is 0 Å². The Hall–Kier alpha value is -5.04. The molecule has 2 amide bonds. The first-order chi connectivity index (χ1) is 18.7. The number of amides is 2. The maximum absolute atomic E-state index is 13.8. The summed E-state index contributed by atoms with van der Waals surface area (Å²) >= 11 is 0. The molecular weight excluding hydrogens is 474 g/mol. The van der Waals surface area contributed by atoms with Crippen molar-refractivity contribution in [3.05, 3.63) is 138 Å². The first kappa shape index (κ1) is 23.4. The molecule has 38 heavy (non-hydrogen) atoms. The zero-order valence-corrected chi connectivity index (χ0v) is 20.6. The van der Waals surface area contributed by atoms with Gasteiger partial charge in [0.15, 0.2) is 0 Å². The van der Waals surface area contributed by atoms with E-state index in [-0.39, 0.29) is 11.8 Å². The van der Waals surface area contributed by atoms with E-state index in [1.165, 1.54) is 0 Å². The van der Waals surface area contributed by atoms with Gasteiger partial charge in [0.25, 0.3) is 11.8 Å². The van der Waals surface area contributed by atoms with E-state index in [2.05, 4.69) is 15.3 Å². The standard InChI is InChI=1S/C31H25N5O2/c37-30(34-18-22-5-3-15-32-17-22)29-14-13-27-21-36(28-8-2-1-6-26(28)20-35(27)29)31(38)24-11-9-23(10-12-24)25-7-4-16-33-19-25/h1-17,19H,18,20-21H2,(H,34,37). The van der Waals surface area contributed by atoms with Crippen LogP contribution in [0.25, 0.3) is 11.1 Å². The number of benzene rings is 2. The van der Waals surface area contributed by atoms with Gasteiger partial charge in [-0.25, -0.2) is 0 Å². The highest BCUT2D eigenvalue weighted by Crippen LogP contribution is 2.31. The lowest BCUT2D eigenvalue weighted by molar-refractivity contribution is 0.0941. The molecule has 7 nitrogen and oxygen atoms in total. The molecule has 4 heterocycles. The monoisotopic (exact) mass is 499 g/mol. The van der Waals surface area contributed by atoms with Gasteiger partial charge in [-0.05, 0) is 64.7 Å². The molecule has 1 aliphatic heterocycles. The Labute approximate surface area is 220 Å². The molecule has 0 unspecified atom stereocenters. The Morgan fingerprint density at radius 2 is 1.55 bits per heavy atom. The van der Waals surface area contributed by atoms with Crippen molar-refractivity contribution in [2.24, 2.45) is 0 Å². The van der Waals surface area contributed by atoms with Crippen LogP contribution in [0.2, 0.25) is 0 Å². The Balaban J connectivity index is 1.28. The maximum Gasteiger partial charge on any atom is 0.268 e. The van der Waals surface area contributed by atoms with Crippen LogP contribution < -0.4 is 10.2 Å². The zero-order chi connectivity index (χ0) is 25.9. The summed E-state index contributed by atoms with van der Waals surface area (Å²) in [5.41, 5.74) is 6.81. The lowest BCUT2D eigenvalue weighted by Crippen LogP contribution is -2.30. The number of hydrogen-bond donors (Lipinski definition) is 1. The lowest BCUT2D eigenvalue weighted by atomic mass is 10.0. The average molecular weight is 500 g/mol. The molecule has 1 aliphatic rings. The third-order valence-corrected chi connectivity index (χ3v) is 6.78. The summed E-state index contributed by atoms with van der Waals surface area (Å²) in [6, 6.07) is 26.9. The van der Waals surface area contributed by atoms with Gasteiger partial charge in [-0.15, -0.1) is 0 Å². The third kappa shape index (κ3) is 4.57. The van der Waals surface area contributed by atoms with Crippen LogP contribution in [0.1, 0.15) is 37.7 Å². The summed E-state index contributed by atoms with van der Waals surface area (Å²) < 4.78 is 2.00. The average Bonchev–Trinajstić information content (AvgIpc) is 3.29.